The Balaban J connectivity index is 2.05. The van der Waals surface area contributed by atoms with Gasteiger partial charge in [-0.25, -0.2) is 4.98 Å². The van der Waals surface area contributed by atoms with Crippen molar-refractivity contribution in [1.82, 2.24) is 4.98 Å². The summed E-state index contributed by atoms with van der Waals surface area (Å²) >= 11 is 0. The van der Waals surface area contributed by atoms with Gasteiger partial charge in [0.25, 0.3) is 5.95 Å². The zero-order valence-electron chi connectivity index (χ0n) is 9.66. The predicted molar refractivity (Wildman–Crippen MR) is 60.9 cm³/mol. The number of aromatic nitrogens is 1. The maximum atomic E-state index is 13.3. The summed E-state index contributed by atoms with van der Waals surface area (Å²) in [6, 6.07) is 3.37. The van der Waals surface area contributed by atoms with Crippen LogP contribution in [-0.4, -0.2) is 11.1 Å². The minimum absolute atomic E-state index is 0.164. The number of hydrogen-bond donors (Lipinski definition) is 0. The van der Waals surface area contributed by atoms with Crippen molar-refractivity contribution in [3.8, 4) is 5.75 Å². The van der Waals surface area contributed by atoms with Gasteiger partial charge in [0, 0.05) is 6.20 Å². The van der Waals surface area contributed by atoms with Gasteiger partial charge in [-0.1, -0.05) is 13.3 Å². The molecule has 2 nitrogen and oxygen atoms in total. The van der Waals surface area contributed by atoms with Gasteiger partial charge in [-0.3, -0.25) is 0 Å². The van der Waals surface area contributed by atoms with Crippen LogP contribution in [-0.2, 0) is 0 Å². The van der Waals surface area contributed by atoms with Crippen molar-refractivity contribution >= 4 is 0 Å². The third-order valence-electron chi connectivity index (χ3n) is 3.37. The van der Waals surface area contributed by atoms with Crippen LogP contribution in [0, 0.1) is 11.9 Å². The average molecular weight is 223 g/mol. The Labute approximate surface area is 95.8 Å². The summed E-state index contributed by atoms with van der Waals surface area (Å²) in [5.74, 6) is 0.365. The fourth-order valence-corrected chi connectivity index (χ4v) is 2.42. The number of nitrogens with zero attached hydrogens (tertiary/aromatic N) is 1. The Hall–Kier alpha value is -1.12. The van der Waals surface area contributed by atoms with Crippen LogP contribution in [0.3, 0.4) is 0 Å². The van der Waals surface area contributed by atoms with Crippen LogP contribution in [0.15, 0.2) is 18.3 Å². The lowest BCUT2D eigenvalue weighted by Gasteiger charge is -2.31. The van der Waals surface area contributed by atoms with E-state index in [1.807, 2.05) is 0 Å². The SMILES string of the molecule is CCC1CCCCC1Oc1cccnc1F. The molecule has 1 saturated carbocycles. The van der Waals surface area contributed by atoms with Crippen LogP contribution >= 0.6 is 0 Å². The smallest absolute Gasteiger partial charge is 0.255 e. The second-order valence-electron chi connectivity index (χ2n) is 4.40. The number of ether oxygens (including phenoxy) is 1. The van der Waals surface area contributed by atoms with Crippen LogP contribution in [0.5, 0.6) is 5.75 Å². The molecule has 1 aliphatic rings. The molecule has 1 aromatic rings. The van der Waals surface area contributed by atoms with Crippen LogP contribution in [0.4, 0.5) is 4.39 Å². The highest BCUT2D eigenvalue weighted by Crippen LogP contribution is 2.30. The van der Waals surface area contributed by atoms with E-state index in [1.165, 1.54) is 25.5 Å². The molecule has 0 bridgehead atoms. The lowest BCUT2D eigenvalue weighted by molar-refractivity contribution is 0.0853. The van der Waals surface area contributed by atoms with E-state index in [9.17, 15) is 4.39 Å². The first-order valence-corrected chi connectivity index (χ1v) is 6.08. The fraction of sp³-hybridized carbons (Fsp3) is 0.615. The Morgan fingerprint density at radius 2 is 2.25 bits per heavy atom. The first-order valence-electron chi connectivity index (χ1n) is 6.08. The number of rotatable bonds is 3. The summed E-state index contributed by atoms with van der Waals surface area (Å²) in [5, 5.41) is 0. The minimum atomic E-state index is -0.497. The van der Waals surface area contributed by atoms with Gasteiger partial charge in [0.1, 0.15) is 6.10 Å². The first-order chi connectivity index (χ1) is 7.81. The van der Waals surface area contributed by atoms with E-state index in [0.29, 0.717) is 11.7 Å². The van der Waals surface area contributed by atoms with Crippen molar-refractivity contribution in [2.24, 2.45) is 5.92 Å². The largest absolute Gasteiger partial charge is 0.485 e. The number of halogens is 1. The molecule has 2 unspecified atom stereocenters. The predicted octanol–water partition coefficient (Wildman–Crippen LogP) is 3.57. The average Bonchev–Trinajstić information content (AvgIpc) is 2.33. The van der Waals surface area contributed by atoms with E-state index in [1.54, 1.807) is 12.1 Å². The maximum absolute atomic E-state index is 13.3. The highest BCUT2D eigenvalue weighted by atomic mass is 19.1. The van der Waals surface area contributed by atoms with Crippen molar-refractivity contribution in [1.29, 1.82) is 0 Å². The summed E-state index contributed by atoms with van der Waals surface area (Å²) in [4.78, 5) is 3.60. The van der Waals surface area contributed by atoms with Crippen molar-refractivity contribution in [3.63, 3.8) is 0 Å². The molecule has 0 aliphatic heterocycles. The molecule has 2 atom stereocenters. The van der Waals surface area contributed by atoms with Gasteiger partial charge in [-0.05, 0) is 43.7 Å². The van der Waals surface area contributed by atoms with Gasteiger partial charge in [0.05, 0.1) is 0 Å². The third-order valence-corrected chi connectivity index (χ3v) is 3.37. The molecule has 1 heterocycles. The first kappa shape index (κ1) is 11.4. The zero-order valence-corrected chi connectivity index (χ0v) is 9.66. The minimum Gasteiger partial charge on any atom is -0.485 e. The van der Waals surface area contributed by atoms with E-state index in [-0.39, 0.29) is 6.10 Å². The molecule has 1 fully saturated rings. The van der Waals surface area contributed by atoms with Gasteiger partial charge in [-0.15, -0.1) is 0 Å². The molecule has 2 rings (SSSR count). The van der Waals surface area contributed by atoms with Crippen LogP contribution < -0.4 is 4.74 Å². The zero-order chi connectivity index (χ0) is 11.4. The van der Waals surface area contributed by atoms with Crippen molar-refractivity contribution in [2.75, 3.05) is 0 Å². The lowest BCUT2D eigenvalue weighted by atomic mass is 9.85. The van der Waals surface area contributed by atoms with E-state index in [4.69, 9.17) is 4.74 Å². The summed E-state index contributed by atoms with van der Waals surface area (Å²) in [6.07, 6.45) is 7.40. The molecule has 88 valence electrons. The standard InChI is InChI=1S/C13H18FNO/c1-2-10-6-3-4-7-11(10)16-12-8-5-9-15-13(12)14/h5,8-11H,2-4,6-7H2,1H3. The molecule has 0 radical (unpaired) electrons. The van der Waals surface area contributed by atoms with E-state index in [0.717, 1.165) is 12.8 Å². The fourth-order valence-electron chi connectivity index (χ4n) is 2.42. The topological polar surface area (TPSA) is 22.1 Å². The molecule has 0 N–H and O–H groups in total. The van der Waals surface area contributed by atoms with E-state index >= 15 is 0 Å². The molecule has 16 heavy (non-hydrogen) atoms. The summed E-state index contributed by atoms with van der Waals surface area (Å²) in [5.41, 5.74) is 0. The summed E-state index contributed by atoms with van der Waals surface area (Å²) in [7, 11) is 0. The van der Waals surface area contributed by atoms with Gasteiger partial charge in [-0.2, -0.15) is 4.39 Å². The Morgan fingerprint density at radius 1 is 1.44 bits per heavy atom. The van der Waals surface area contributed by atoms with Crippen LogP contribution in [0.2, 0.25) is 0 Å². The molecule has 0 aromatic carbocycles. The Kier molecular flexibility index (Phi) is 3.75. The van der Waals surface area contributed by atoms with Crippen LogP contribution in [0.1, 0.15) is 39.0 Å². The number of hydrogen-bond acceptors (Lipinski definition) is 2. The second kappa shape index (κ2) is 5.28. The Bertz CT molecular complexity index is 342. The summed E-state index contributed by atoms with van der Waals surface area (Å²) in [6.45, 7) is 2.17. The van der Waals surface area contributed by atoms with E-state index in [2.05, 4.69) is 11.9 Å². The van der Waals surface area contributed by atoms with Crippen molar-refractivity contribution in [3.05, 3.63) is 24.3 Å². The van der Waals surface area contributed by atoms with Crippen LogP contribution in [0.25, 0.3) is 0 Å². The molecule has 3 heteroatoms. The summed E-state index contributed by atoms with van der Waals surface area (Å²) < 4.78 is 19.1. The van der Waals surface area contributed by atoms with E-state index < -0.39 is 5.95 Å². The molecule has 0 spiro atoms. The molecular formula is C13H18FNO. The molecule has 1 aliphatic carbocycles. The second-order valence-corrected chi connectivity index (χ2v) is 4.40. The van der Waals surface area contributed by atoms with Crippen molar-refractivity contribution < 1.29 is 9.13 Å². The molecule has 0 amide bonds. The molecular weight excluding hydrogens is 205 g/mol. The van der Waals surface area contributed by atoms with Gasteiger partial charge < -0.3 is 4.74 Å². The monoisotopic (exact) mass is 223 g/mol. The molecule has 1 aromatic heterocycles. The maximum Gasteiger partial charge on any atom is 0.255 e. The lowest BCUT2D eigenvalue weighted by Crippen LogP contribution is -2.30. The normalized spacial score (nSPS) is 25.4. The Morgan fingerprint density at radius 3 is 3.00 bits per heavy atom. The quantitative estimate of drug-likeness (QED) is 0.731. The molecule has 0 saturated heterocycles. The highest BCUT2D eigenvalue weighted by molar-refractivity contribution is 5.18. The van der Waals surface area contributed by atoms with Gasteiger partial charge >= 0.3 is 0 Å². The van der Waals surface area contributed by atoms with Crippen molar-refractivity contribution in [2.45, 2.75) is 45.1 Å². The number of pyridine rings is 1. The highest BCUT2D eigenvalue weighted by Gasteiger charge is 2.26. The van der Waals surface area contributed by atoms with Gasteiger partial charge in [0.15, 0.2) is 5.75 Å². The third kappa shape index (κ3) is 2.52. The van der Waals surface area contributed by atoms with Gasteiger partial charge in [0.2, 0.25) is 0 Å².